The van der Waals surface area contributed by atoms with Gasteiger partial charge in [0, 0.05) is 37.3 Å². The van der Waals surface area contributed by atoms with Crippen LogP contribution in [0.25, 0.3) is 11.3 Å². The Morgan fingerprint density at radius 1 is 1.10 bits per heavy atom. The van der Waals surface area contributed by atoms with Gasteiger partial charge in [-0.05, 0) is 25.1 Å². The minimum absolute atomic E-state index is 0.0950. The molecule has 30 heavy (non-hydrogen) atoms. The molecule has 0 aliphatic rings. The van der Waals surface area contributed by atoms with Crippen LogP contribution in [-0.4, -0.2) is 35.6 Å². The van der Waals surface area contributed by atoms with Gasteiger partial charge < -0.3 is 15.0 Å². The van der Waals surface area contributed by atoms with Crippen molar-refractivity contribution in [2.45, 2.75) is 6.92 Å². The van der Waals surface area contributed by atoms with Crippen LogP contribution in [0, 0.1) is 6.92 Å². The van der Waals surface area contributed by atoms with E-state index in [9.17, 15) is 9.59 Å². The second-order valence-electron chi connectivity index (χ2n) is 6.43. The molecule has 0 saturated carbocycles. The van der Waals surface area contributed by atoms with Gasteiger partial charge >= 0.3 is 0 Å². The maximum absolute atomic E-state index is 12.2. The van der Waals surface area contributed by atoms with Crippen molar-refractivity contribution in [2.24, 2.45) is 7.05 Å². The summed E-state index contributed by atoms with van der Waals surface area (Å²) in [5.41, 5.74) is 0.999. The predicted octanol–water partition coefficient (Wildman–Crippen LogP) is 2.31. The molecule has 0 aliphatic heterocycles. The number of hydrogen-bond acceptors (Lipinski definition) is 7. The molecule has 0 spiro atoms. The number of nitrogens with zero attached hydrogens (tertiary/aromatic N) is 5. The van der Waals surface area contributed by atoms with Crippen molar-refractivity contribution in [3.63, 3.8) is 0 Å². The summed E-state index contributed by atoms with van der Waals surface area (Å²) < 4.78 is 7.51. The second kappa shape index (κ2) is 7.95. The molecular formula is C20H17N7O3. The van der Waals surface area contributed by atoms with Crippen molar-refractivity contribution in [2.75, 3.05) is 5.32 Å². The molecule has 2 N–H and O–H groups in total. The summed E-state index contributed by atoms with van der Waals surface area (Å²) in [6, 6.07) is 6.76. The summed E-state index contributed by atoms with van der Waals surface area (Å²) in [7, 11) is 1.83. The number of H-pyrrole nitrogens is 1. The van der Waals surface area contributed by atoms with Crippen LogP contribution in [0.2, 0.25) is 0 Å². The van der Waals surface area contributed by atoms with Crippen LogP contribution >= 0.6 is 0 Å². The molecule has 10 nitrogen and oxygen atoms in total. The third kappa shape index (κ3) is 4.22. The Bertz CT molecular complexity index is 1260. The third-order valence-electron chi connectivity index (χ3n) is 4.12. The first kappa shape index (κ1) is 19.0. The average Bonchev–Trinajstić information content (AvgIpc) is 3.16. The lowest BCUT2D eigenvalue weighted by Gasteiger charge is -2.08. The van der Waals surface area contributed by atoms with E-state index in [2.05, 4.69) is 30.4 Å². The van der Waals surface area contributed by atoms with Crippen LogP contribution in [0.15, 0.2) is 60.0 Å². The minimum atomic E-state index is -0.597. The number of carbonyl (C=O) groups is 1. The quantitative estimate of drug-likeness (QED) is 0.523. The van der Waals surface area contributed by atoms with E-state index >= 15 is 0 Å². The number of aromatic nitrogens is 6. The van der Waals surface area contributed by atoms with Crippen LogP contribution in [-0.2, 0) is 7.05 Å². The standard InChI is InChI=1S/C20H17N7O3/c1-12-22-10-16(19(28)25-12)20(29)26-18-4-3-15(9-23-18)30-14-5-6-21-17(7-14)13-8-24-27(2)11-13/h3-11H,1-2H3,(H,22,25,28)(H,23,26,29). The van der Waals surface area contributed by atoms with E-state index in [-0.39, 0.29) is 11.4 Å². The first-order valence-electron chi connectivity index (χ1n) is 8.94. The highest BCUT2D eigenvalue weighted by Gasteiger charge is 2.12. The summed E-state index contributed by atoms with van der Waals surface area (Å²) in [4.78, 5) is 39.0. The van der Waals surface area contributed by atoms with E-state index in [0.29, 0.717) is 17.3 Å². The molecule has 150 valence electrons. The van der Waals surface area contributed by atoms with E-state index < -0.39 is 11.5 Å². The van der Waals surface area contributed by atoms with Crippen LogP contribution in [0.5, 0.6) is 11.5 Å². The molecule has 0 fully saturated rings. The highest BCUT2D eigenvalue weighted by molar-refractivity contribution is 6.03. The zero-order valence-corrected chi connectivity index (χ0v) is 16.2. The number of pyridine rings is 2. The number of hydrogen-bond donors (Lipinski definition) is 2. The van der Waals surface area contributed by atoms with Gasteiger partial charge in [-0.25, -0.2) is 9.97 Å². The first-order chi connectivity index (χ1) is 14.5. The van der Waals surface area contributed by atoms with E-state index in [1.165, 1.54) is 12.4 Å². The van der Waals surface area contributed by atoms with Gasteiger partial charge in [0.15, 0.2) is 0 Å². The summed E-state index contributed by atoms with van der Waals surface area (Å²) >= 11 is 0. The Balaban J connectivity index is 1.45. The molecule has 10 heteroatoms. The number of rotatable bonds is 5. The lowest BCUT2D eigenvalue weighted by Crippen LogP contribution is -2.24. The molecule has 0 bridgehead atoms. The Kier molecular flexibility index (Phi) is 5.04. The number of ether oxygens (including phenoxy) is 1. The number of aromatic amines is 1. The summed E-state index contributed by atoms with van der Waals surface area (Å²) in [6.45, 7) is 1.63. The Morgan fingerprint density at radius 2 is 1.97 bits per heavy atom. The fraction of sp³-hybridized carbons (Fsp3) is 0.100. The van der Waals surface area contributed by atoms with Crippen LogP contribution in [0.3, 0.4) is 0 Å². The fourth-order valence-electron chi connectivity index (χ4n) is 2.67. The van der Waals surface area contributed by atoms with E-state index in [1.54, 1.807) is 48.3 Å². The predicted molar refractivity (Wildman–Crippen MR) is 108 cm³/mol. The molecule has 0 saturated heterocycles. The molecular weight excluding hydrogens is 386 g/mol. The normalized spacial score (nSPS) is 10.6. The van der Waals surface area contributed by atoms with E-state index in [4.69, 9.17) is 4.74 Å². The maximum atomic E-state index is 12.2. The number of nitrogens with one attached hydrogen (secondary N) is 2. The van der Waals surface area contributed by atoms with Crippen LogP contribution in [0.4, 0.5) is 5.82 Å². The van der Waals surface area contributed by atoms with Gasteiger partial charge in [-0.3, -0.25) is 19.3 Å². The molecule has 4 aromatic heterocycles. The molecule has 0 aromatic carbocycles. The highest BCUT2D eigenvalue weighted by atomic mass is 16.5. The summed E-state index contributed by atoms with van der Waals surface area (Å²) in [5.74, 6) is 1.17. The molecule has 0 aliphatic carbocycles. The van der Waals surface area contributed by atoms with Gasteiger partial charge in [-0.1, -0.05) is 0 Å². The van der Waals surface area contributed by atoms with E-state index in [1.807, 2.05) is 13.2 Å². The lowest BCUT2D eigenvalue weighted by atomic mass is 10.2. The number of carbonyl (C=O) groups excluding carboxylic acids is 1. The number of amides is 1. The molecule has 0 atom stereocenters. The molecule has 0 unspecified atom stereocenters. The van der Waals surface area contributed by atoms with Gasteiger partial charge in [0.2, 0.25) is 0 Å². The van der Waals surface area contributed by atoms with Crippen molar-refractivity contribution in [3.05, 3.63) is 77.0 Å². The van der Waals surface area contributed by atoms with Gasteiger partial charge in [0.25, 0.3) is 11.5 Å². The van der Waals surface area contributed by atoms with Gasteiger partial charge in [-0.2, -0.15) is 5.10 Å². The molecule has 4 aromatic rings. The largest absolute Gasteiger partial charge is 0.456 e. The highest BCUT2D eigenvalue weighted by Crippen LogP contribution is 2.25. The second-order valence-corrected chi connectivity index (χ2v) is 6.43. The Morgan fingerprint density at radius 3 is 2.67 bits per heavy atom. The van der Waals surface area contributed by atoms with Crippen molar-refractivity contribution >= 4 is 11.7 Å². The van der Waals surface area contributed by atoms with Gasteiger partial charge in [-0.15, -0.1) is 0 Å². The molecule has 4 rings (SSSR count). The average molecular weight is 403 g/mol. The van der Waals surface area contributed by atoms with Crippen molar-refractivity contribution < 1.29 is 9.53 Å². The summed E-state index contributed by atoms with van der Waals surface area (Å²) in [5, 5.41) is 6.70. The lowest BCUT2D eigenvalue weighted by molar-refractivity contribution is 0.102. The Hall–Kier alpha value is -4.34. The Labute approximate surface area is 170 Å². The van der Waals surface area contributed by atoms with Crippen molar-refractivity contribution in [1.29, 1.82) is 0 Å². The third-order valence-corrected chi connectivity index (χ3v) is 4.12. The zero-order chi connectivity index (χ0) is 21.1. The number of aryl methyl sites for hydroxylation is 2. The monoisotopic (exact) mass is 403 g/mol. The SMILES string of the molecule is Cc1ncc(C(=O)Nc2ccc(Oc3ccnc(-c4cnn(C)c4)c3)cn2)c(=O)[nH]1. The molecule has 4 heterocycles. The summed E-state index contributed by atoms with van der Waals surface area (Å²) in [6.07, 6.45) is 7.92. The van der Waals surface area contributed by atoms with E-state index in [0.717, 1.165) is 11.3 Å². The van der Waals surface area contributed by atoms with Crippen LogP contribution in [0.1, 0.15) is 16.2 Å². The van der Waals surface area contributed by atoms with Gasteiger partial charge in [0.1, 0.15) is 28.7 Å². The topological polar surface area (TPSA) is 128 Å². The molecule has 1 amide bonds. The zero-order valence-electron chi connectivity index (χ0n) is 16.2. The van der Waals surface area contributed by atoms with Gasteiger partial charge in [0.05, 0.1) is 18.1 Å². The smallest absolute Gasteiger partial charge is 0.264 e. The maximum Gasteiger partial charge on any atom is 0.264 e. The fourth-order valence-corrected chi connectivity index (χ4v) is 2.67. The first-order valence-corrected chi connectivity index (χ1v) is 8.94. The molecule has 0 radical (unpaired) electrons. The minimum Gasteiger partial charge on any atom is -0.456 e. The van der Waals surface area contributed by atoms with Crippen molar-refractivity contribution in [1.82, 2.24) is 29.7 Å². The van der Waals surface area contributed by atoms with Crippen molar-refractivity contribution in [3.8, 4) is 22.8 Å². The number of anilines is 1. The van der Waals surface area contributed by atoms with Crippen LogP contribution < -0.4 is 15.6 Å².